The average molecular weight is 468 g/mol. The summed E-state index contributed by atoms with van der Waals surface area (Å²) in [5.74, 6) is 0.521. The Morgan fingerprint density at radius 1 is 1.08 bits per heavy atom. The van der Waals surface area contributed by atoms with Crippen molar-refractivity contribution in [3.8, 4) is 5.75 Å². The fourth-order valence-corrected chi connectivity index (χ4v) is 2.69. The van der Waals surface area contributed by atoms with Crippen molar-refractivity contribution < 1.29 is 9.53 Å². The minimum atomic E-state index is -0.249. The van der Waals surface area contributed by atoms with Crippen LogP contribution in [0.2, 0.25) is 0 Å². The van der Waals surface area contributed by atoms with Crippen molar-refractivity contribution in [2.45, 2.75) is 26.2 Å². The largest absolute Gasteiger partial charge is 0.494 e. The molecule has 4 nitrogen and oxygen atoms in total. The standard InChI is InChI=1S/C19H21IN2O2S/c1-2-3-4-13-24-17-11-5-14(6-12-17)18(23)22-19(25)21-16-9-7-15(20)8-10-16/h5-12H,2-4,13H2,1H3,(H2,21,22,23,25). The summed E-state index contributed by atoms with van der Waals surface area (Å²) < 4.78 is 6.78. The molecule has 132 valence electrons. The lowest BCUT2D eigenvalue weighted by Crippen LogP contribution is -2.34. The van der Waals surface area contributed by atoms with E-state index < -0.39 is 0 Å². The van der Waals surface area contributed by atoms with Gasteiger partial charge in [0.25, 0.3) is 5.91 Å². The molecular formula is C19H21IN2O2S. The quantitative estimate of drug-likeness (QED) is 0.342. The third-order valence-corrected chi connectivity index (χ3v) is 4.39. The van der Waals surface area contributed by atoms with Gasteiger partial charge in [-0.1, -0.05) is 19.8 Å². The Labute approximate surface area is 167 Å². The molecule has 0 aliphatic carbocycles. The number of hydrogen-bond donors (Lipinski definition) is 2. The maximum Gasteiger partial charge on any atom is 0.257 e. The topological polar surface area (TPSA) is 50.4 Å². The van der Waals surface area contributed by atoms with Crippen LogP contribution in [0, 0.1) is 3.57 Å². The molecule has 1 amide bonds. The lowest BCUT2D eigenvalue weighted by Gasteiger charge is -2.10. The second-order valence-corrected chi connectivity index (χ2v) is 7.15. The average Bonchev–Trinajstić information content (AvgIpc) is 2.61. The zero-order valence-electron chi connectivity index (χ0n) is 14.0. The molecule has 0 unspecified atom stereocenters. The van der Waals surface area contributed by atoms with Gasteiger partial charge in [0.15, 0.2) is 5.11 Å². The Morgan fingerprint density at radius 2 is 1.76 bits per heavy atom. The third-order valence-electron chi connectivity index (χ3n) is 3.46. The summed E-state index contributed by atoms with van der Waals surface area (Å²) >= 11 is 7.42. The monoisotopic (exact) mass is 468 g/mol. The number of benzene rings is 2. The first-order valence-corrected chi connectivity index (χ1v) is 9.68. The van der Waals surface area contributed by atoms with Gasteiger partial charge in [-0.2, -0.15) is 0 Å². The van der Waals surface area contributed by atoms with Crippen molar-refractivity contribution in [3.05, 3.63) is 57.7 Å². The lowest BCUT2D eigenvalue weighted by molar-refractivity contribution is 0.0977. The van der Waals surface area contributed by atoms with Crippen LogP contribution in [0.5, 0.6) is 5.75 Å². The molecule has 0 saturated heterocycles. The molecule has 0 aliphatic rings. The number of thiocarbonyl (C=S) groups is 1. The fraction of sp³-hybridized carbons (Fsp3) is 0.263. The van der Waals surface area contributed by atoms with Gasteiger partial charge in [-0.15, -0.1) is 0 Å². The maximum atomic E-state index is 12.2. The van der Waals surface area contributed by atoms with Crippen LogP contribution in [0.4, 0.5) is 5.69 Å². The molecule has 0 atom stereocenters. The Morgan fingerprint density at radius 3 is 2.40 bits per heavy atom. The molecule has 0 saturated carbocycles. The number of hydrogen-bond acceptors (Lipinski definition) is 3. The third kappa shape index (κ3) is 6.99. The Hall–Kier alpha value is -1.67. The van der Waals surface area contributed by atoms with E-state index in [0.29, 0.717) is 12.2 Å². The fourth-order valence-electron chi connectivity index (χ4n) is 2.12. The van der Waals surface area contributed by atoms with Crippen molar-refractivity contribution in [3.63, 3.8) is 0 Å². The second kappa shape index (κ2) is 10.4. The first-order valence-electron chi connectivity index (χ1n) is 8.19. The predicted octanol–water partition coefficient (Wildman–Crippen LogP) is 4.99. The molecule has 0 aromatic heterocycles. The van der Waals surface area contributed by atoms with Crippen molar-refractivity contribution in [2.75, 3.05) is 11.9 Å². The van der Waals surface area contributed by atoms with Crippen molar-refractivity contribution in [1.82, 2.24) is 5.32 Å². The van der Waals surface area contributed by atoms with Gasteiger partial charge in [-0.3, -0.25) is 10.1 Å². The Balaban J connectivity index is 1.83. The van der Waals surface area contributed by atoms with E-state index in [4.69, 9.17) is 17.0 Å². The SMILES string of the molecule is CCCCCOc1ccc(C(=O)NC(=S)Nc2ccc(I)cc2)cc1. The summed E-state index contributed by atoms with van der Waals surface area (Å²) in [7, 11) is 0. The van der Waals surface area contributed by atoms with E-state index in [0.717, 1.165) is 27.8 Å². The van der Waals surface area contributed by atoms with E-state index in [-0.39, 0.29) is 11.0 Å². The minimum Gasteiger partial charge on any atom is -0.494 e. The van der Waals surface area contributed by atoms with Crippen molar-refractivity contribution >= 4 is 51.5 Å². The smallest absolute Gasteiger partial charge is 0.257 e. The van der Waals surface area contributed by atoms with Gasteiger partial charge in [0, 0.05) is 14.8 Å². The number of ether oxygens (including phenoxy) is 1. The number of halogens is 1. The number of unbranched alkanes of at least 4 members (excludes halogenated alkanes) is 2. The summed E-state index contributed by atoms with van der Waals surface area (Å²) in [5.41, 5.74) is 1.37. The second-order valence-electron chi connectivity index (χ2n) is 5.50. The highest BCUT2D eigenvalue weighted by Gasteiger charge is 2.08. The summed E-state index contributed by atoms with van der Waals surface area (Å²) in [6, 6.07) is 14.8. The Bertz CT molecular complexity index is 702. The highest BCUT2D eigenvalue weighted by molar-refractivity contribution is 14.1. The highest BCUT2D eigenvalue weighted by Crippen LogP contribution is 2.14. The lowest BCUT2D eigenvalue weighted by atomic mass is 10.2. The van der Waals surface area contributed by atoms with Crippen LogP contribution in [0.1, 0.15) is 36.5 Å². The molecule has 0 aliphatic heterocycles. The van der Waals surface area contributed by atoms with Crippen LogP contribution in [0.3, 0.4) is 0 Å². The molecule has 25 heavy (non-hydrogen) atoms. The maximum absolute atomic E-state index is 12.2. The summed E-state index contributed by atoms with van der Waals surface area (Å²) in [6.07, 6.45) is 3.36. The number of nitrogens with one attached hydrogen (secondary N) is 2. The van der Waals surface area contributed by atoms with Gasteiger partial charge in [-0.05, 0) is 89.8 Å². The van der Waals surface area contributed by atoms with E-state index in [9.17, 15) is 4.79 Å². The number of amides is 1. The molecular weight excluding hydrogens is 447 g/mol. The summed E-state index contributed by atoms with van der Waals surface area (Å²) in [4.78, 5) is 12.2. The van der Waals surface area contributed by atoms with Gasteiger partial charge in [0.1, 0.15) is 5.75 Å². The summed E-state index contributed by atoms with van der Waals surface area (Å²) in [6.45, 7) is 2.86. The first-order chi connectivity index (χ1) is 12.1. The number of carbonyl (C=O) groups is 1. The molecule has 0 spiro atoms. The van der Waals surface area contributed by atoms with Crippen LogP contribution >= 0.6 is 34.8 Å². The molecule has 2 aromatic rings. The number of carbonyl (C=O) groups excluding carboxylic acids is 1. The van der Waals surface area contributed by atoms with Crippen molar-refractivity contribution in [1.29, 1.82) is 0 Å². The molecule has 6 heteroatoms. The molecule has 0 heterocycles. The highest BCUT2D eigenvalue weighted by atomic mass is 127. The van der Waals surface area contributed by atoms with E-state index >= 15 is 0 Å². The molecule has 2 aromatic carbocycles. The van der Waals surface area contributed by atoms with Crippen LogP contribution in [0.25, 0.3) is 0 Å². The van der Waals surface area contributed by atoms with Crippen LogP contribution < -0.4 is 15.4 Å². The van der Waals surface area contributed by atoms with Gasteiger partial charge in [0.05, 0.1) is 6.61 Å². The number of anilines is 1. The van der Waals surface area contributed by atoms with Gasteiger partial charge >= 0.3 is 0 Å². The van der Waals surface area contributed by atoms with E-state index in [1.807, 2.05) is 24.3 Å². The summed E-state index contributed by atoms with van der Waals surface area (Å²) in [5, 5.41) is 5.94. The zero-order chi connectivity index (χ0) is 18.1. The van der Waals surface area contributed by atoms with Gasteiger partial charge in [0.2, 0.25) is 0 Å². The normalized spacial score (nSPS) is 10.2. The van der Waals surface area contributed by atoms with E-state index in [1.54, 1.807) is 24.3 Å². The molecule has 2 rings (SSSR count). The first kappa shape index (κ1) is 19.7. The van der Waals surface area contributed by atoms with Crippen LogP contribution in [0.15, 0.2) is 48.5 Å². The van der Waals surface area contributed by atoms with Gasteiger partial charge in [-0.25, -0.2) is 0 Å². The molecule has 0 radical (unpaired) electrons. The van der Waals surface area contributed by atoms with E-state index in [2.05, 4.69) is 40.1 Å². The molecule has 0 bridgehead atoms. The molecule has 0 fully saturated rings. The van der Waals surface area contributed by atoms with Gasteiger partial charge < -0.3 is 10.1 Å². The Kier molecular flexibility index (Phi) is 8.14. The van der Waals surface area contributed by atoms with Crippen molar-refractivity contribution in [2.24, 2.45) is 0 Å². The minimum absolute atomic E-state index is 0.249. The molecule has 2 N–H and O–H groups in total. The predicted molar refractivity (Wildman–Crippen MR) is 114 cm³/mol. The number of rotatable bonds is 7. The zero-order valence-corrected chi connectivity index (χ0v) is 17.0. The van der Waals surface area contributed by atoms with E-state index in [1.165, 1.54) is 6.42 Å². The van der Waals surface area contributed by atoms with Crippen LogP contribution in [-0.4, -0.2) is 17.6 Å². The van der Waals surface area contributed by atoms with Crippen LogP contribution in [-0.2, 0) is 0 Å².